The molecule has 0 aliphatic carbocycles. The Hall–Kier alpha value is -2.25. The van der Waals surface area contributed by atoms with Crippen molar-refractivity contribution in [3.05, 3.63) is 53.1 Å². The number of nitrogens with one attached hydrogen (secondary N) is 1. The number of hydrogen-bond donors (Lipinski definition) is 1. The molecule has 0 unspecified atom stereocenters. The highest BCUT2D eigenvalue weighted by atomic mass is 35.5. The van der Waals surface area contributed by atoms with E-state index in [1.165, 1.54) is 25.3 Å². The van der Waals surface area contributed by atoms with Gasteiger partial charge in [-0.05, 0) is 42.8 Å². The van der Waals surface area contributed by atoms with E-state index in [0.717, 1.165) is 6.42 Å². The number of likely N-dealkylation sites (tertiary alicyclic amines) is 1. The van der Waals surface area contributed by atoms with E-state index in [2.05, 4.69) is 4.72 Å². The highest BCUT2D eigenvalue weighted by Crippen LogP contribution is 2.30. The molecule has 0 atom stereocenters. The lowest BCUT2D eigenvalue weighted by Crippen LogP contribution is -2.42. The molecule has 3 rings (SSSR count). The Kier molecular flexibility index (Phi) is 4.87. The molecule has 132 valence electrons. The lowest BCUT2D eigenvalue weighted by molar-refractivity contribution is 0.0651. The van der Waals surface area contributed by atoms with Crippen LogP contribution in [0.5, 0.6) is 5.75 Å². The van der Waals surface area contributed by atoms with Gasteiger partial charge in [0.2, 0.25) is 0 Å². The third-order valence-electron chi connectivity index (χ3n) is 3.94. The summed E-state index contributed by atoms with van der Waals surface area (Å²) in [5.41, 5.74) is 0.579. The Morgan fingerprint density at radius 2 is 1.96 bits per heavy atom. The number of sulfonamides is 1. The molecule has 1 heterocycles. The zero-order valence-electron chi connectivity index (χ0n) is 13.5. The number of benzene rings is 2. The van der Waals surface area contributed by atoms with E-state index in [0.29, 0.717) is 29.4 Å². The standard InChI is InChI=1S/C17H17ClN2O4S/c1-24-16-7-6-13(18)11-15(16)19-25(22,23)14-5-2-4-12(10-14)17(21)20-8-3-9-20/h2,4-7,10-11,19H,3,8-9H2,1H3. The highest BCUT2D eigenvalue weighted by molar-refractivity contribution is 7.92. The second kappa shape index (κ2) is 6.93. The van der Waals surface area contributed by atoms with Crippen molar-refractivity contribution in [1.29, 1.82) is 0 Å². The van der Waals surface area contributed by atoms with Crippen LogP contribution in [-0.2, 0) is 10.0 Å². The summed E-state index contributed by atoms with van der Waals surface area (Å²) >= 11 is 5.93. The summed E-state index contributed by atoms with van der Waals surface area (Å²) in [6.07, 6.45) is 0.972. The number of methoxy groups -OCH3 is 1. The Balaban J connectivity index is 1.90. The van der Waals surface area contributed by atoms with Gasteiger partial charge in [-0.1, -0.05) is 17.7 Å². The minimum absolute atomic E-state index is 0.000835. The Bertz CT molecular complexity index is 911. The normalized spacial score (nSPS) is 13.9. The van der Waals surface area contributed by atoms with Crippen LogP contribution in [0.25, 0.3) is 0 Å². The van der Waals surface area contributed by atoms with Crippen LogP contribution in [0.15, 0.2) is 47.4 Å². The first-order valence-corrected chi connectivity index (χ1v) is 9.52. The van der Waals surface area contributed by atoms with Gasteiger partial charge >= 0.3 is 0 Å². The number of amides is 1. The van der Waals surface area contributed by atoms with Gasteiger partial charge in [0.15, 0.2) is 0 Å². The largest absolute Gasteiger partial charge is 0.495 e. The second-order valence-electron chi connectivity index (χ2n) is 5.62. The number of ether oxygens (including phenoxy) is 1. The molecule has 1 aliphatic rings. The minimum atomic E-state index is -3.89. The molecule has 1 saturated heterocycles. The van der Waals surface area contributed by atoms with Gasteiger partial charge in [0.25, 0.3) is 15.9 Å². The quantitative estimate of drug-likeness (QED) is 0.865. The number of halogens is 1. The van der Waals surface area contributed by atoms with Crippen LogP contribution in [0.1, 0.15) is 16.8 Å². The lowest BCUT2D eigenvalue weighted by Gasteiger charge is -2.31. The summed E-state index contributed by atoms with van der Waals surface area (Å²) in [5.74, 6) is 0.185. The Labute approximate surface area is 151 Å². The fourth-order valence-electron chi connectivity index (χ4n) is 2.46. The van der Waals surface area contributed by atoms with Crippen LogP contribution < -0.4 is 9.46 Å². The van der Waals surface area contributed by atoms with Gasteiger partial charge < -0.3 is 9.64 Å². The molecule has 2 aromatic rings. The zero-order valence-corrected chi connectivity index (χ0v) is 15.1. The van der Waals surface area contributed by atoms with Gasteiger partial charge in [-0.25, -0.2) is 8.42 Å². The molecule has 0 bridgehead atoms. The second-order valence-corrected chi connectivity index (χ2v) is 7.74. The SMILES string of the molecule is COc1ccc(Cl)cc1NS(=O)(=O)c1cccc(C(=O)N2CCC2)c1. The maximum atomic E-state index is 12.7. The van der Waals surface area contributed by atoms with Crippen molar-refractivity contribution in [2.75, 3.05) is 24.9 Å². The molecule has 0 aromatic heterocycles. The van der Waals surface area contributed by atoms with Gasteiger partial charge in [-0.3, -0.25) is 9.52 Å². The first-order valence-electron chi connectivity index (χ1n) is 7.66. The smallest absolute Gasteiger partial charge is 0.262 e. The summed E-state index contributed by atoms with van der Waals surface area (Å²) in [4.78, 5) is 14.0. The molecule has 0 radical (unpaired) electrons. The van der Waals surface area contributed by atoms with Crippen molar-refractivity contribution in [1.82, 2.24) is 4.90 Å². The average Bonchev–Trinajstić information content (AvgIpc) is 2.53. The third-order valence-corrected chi connectivity index (χ3v) is 5.54. The number of carbonyl (C=O) groups is 1. The van der Waals surface area contributed by atoms with Gasteiger partial charge in [0.1, 0.15) is 5.75 Å². The molecule has 8 heteroatoms. The number of hydrogen-bond acceptors (Lipinski definition) is 4. The average molecular weight is 381 g/mol. The molecule has 0 saturated carbocycles. The van der Waals surface area contributed by atoms with E-state index < -0.39 is 10.0 Å². The predicted molar refractivity (Wildman–Crippen MR) is 95.8 cm³/mol. The van der Waals surface area contributed by atoms with Crippen LogP contribution in [0.2, 0.25) is 5.02 Å². The van der Waals surface area contributed by atoms with Crippen LogP contribution in [0, 0.1) is 0 Å². The van der Waals surface area contributed by atoms with E-state index in [4.69, 9.17) is 16.3 Å². The first kappa shape index (κ1) is 17.6. The van der Waals surface area contributed by atoms with Crippen molar-refractivity contribution in [3.8, 4) is 5.75 Å². The third kappa shape index (κ3) is 3.72. The van der Waals surface area contributed by atoms with E-state index >= 15 is 0 Å². The predicted octanol–water partition coefficient (Wildman–Crippen LogP) is 3.00. The van der Waals surface area contributed by atoms with E-state index in [-0.39, 0.29) is 16.5 Å². The van der Waals surface area contributed by atoms with Crippen molar-refractivity contribution >= 4 is 33.2 Å². The van der Waals surface area contributed by atoms with Crippen molar-refractivity contribution < 1.29 is 17.9 Å². The maximum Gasteiger partial charge on any atom is 0.262 e. The van der Waals surface area contributed by atoms with Crippen molar-refractivity contribution in [2.45, 2.75) is 11.3 Å². The van der Waals surface area contributed by atoms with Gasteiger partial charge in [-0.2, -0.15) is 0 Å². The van der Waals surface area contributed by atoms with Crippen LogP contribution in [-0.4, -0.2) is 39.4 Å². The topological polar surface area (TPSA) is 75.7 Å². The maximum absolute atomic E-state index is 12.7. The number of rotatable bonds is 5. The van der Waals surface area contributed by atoms with Gasteiger partial charge in [-0.15, -0.1) is 0 Å². The van der Waals surface area contributed by atoms with E-state index in [1.807, 2.05) is 0 Å². The molecule has 1 fully saturated rings. The molecular formula is C17H17ClN2O4S. The zero-order chi connectivity index (χ0) is 18.0. The molecule has 6 nitrogen and oxygen atoms in total. The Morgan fingerprint density at radius 1 is 1.20 bits per heavy atom. The van der Waals surface area contributed by atoms with Crippen LogP contribution in [0.3, 0.4) is 0 Å². The van der Waals surface area contributed by atoms with Crippen LogP contribution in [0.4, 0.5) is 5.69 Å². The molecule has 0 spiro atoms. The van der Waals surface area contributed by atoms with Crippen molar-refractivity contribution in [2.24, 2.45) is 0 Å². The molecule has 1 aliphatic heterocycles. The lowest BCUT2D eigenvalue weighted by atomic mass is 10.1. The molecule has 1 N–H and O–H groups in total. The van der Waals surface area contributed by atoms with Crippen LogP contribution >= 0.6 is 11.6 Å². The molecular weight excluding hydrogens is 364 g/mol. The fraction of sp³-hybridized carbons (Fsp3) is 0.235. The minimum Gasteiger partial charge on any atom is -0.495 e. The summed E-state index contributed by atoms with van der Waals surface area (Å²) in [7, 11) is -2.45. The number of anilines is 1. The fourth-order valence-corrected chi connectivity index (χ4v) is 3.74. The molecule has 2 aromatic carbocycles. The highest BCUT2D eigenvalue weighted by Gasteiger charge is 2.23. The van der Waals surface area contributed by atoms with Gasteiger partial charge in [0, 0.05) is 23.7 Å². The van der Waals surface area contributed by atoms with Gasteiger partial charge in [0.05, 0.1) is 17.7 Å². The first-order chi connectivity index (χ1) is 11.9. The van der Waals surface area contributed by atoms with Crippen molar-refractivity contribution in [3.63, 3.8) is 0 Å². The number of nitrogens with zero attached hydrogens (tertiary/aromatic N) is 1. The van der Waals surface area contributed by atoms with E-state index in [1.54, 1.807) is 29.2 Å². The number of carbonyl (C=O) groups excluding carboxylic acids is 1. The summed E-state index contributed by atoms with van der Waals surface area (Å²) < 4.78 is 33.0. The summed E-state index contributed by atoms with van der Waals surface area (Å²) in [5, 5.41) is 0.375. The summed E-state index contributed by atoms with van der Waals surface area (Å²) in [6, 6.07) is 10.6. The summed E-state index contributed by atoms with van der Waals surface area (Å²) in [6.45, 7) is 1.40. The monoisotopic (exact) mass is 380 g/mol. The molecule has 1 amide bonds. The Morgan fingerprint density at radius 3 is 2.60 bits per heavy atom. The molecule has 25 heavy (non-hydrogen) atoms. The van der Waals surface area contributed by atoms with E-state index in [9.17, 15) is 13.2 Å².